The second kappa shape index (κ2) is 10.9. The van der Waals surface area contributed by atoms with Gasteiger partial charge in [-0.05, 0) is 37.3 Å². The summed E-state index contributed by atoms with van der Waals surface area (Å²) in [5.41, 5.74) is 1.02. The Labute approximate surface area is 187 Å². The van der Waals surface area contributed by atoms with Gasteiger partial charge in [-0.15, -0.1) is 0 Å². The summed E-state index contributed by atoms with van der Waals surface area (Å²) in [6, 6.07) is 6.98. The molecule has 2 aliphatic heterocycles. The van der Waals surface area contributed by atoms with Gasteiger partial charge in [-0.3, -0.25) is 4.79 Å². The molecule has 1 aromatic carbocycles. The number of benzene rings is 1. The van der Waals surface area contributed by atoms with E-state index in [9.17, 15) is 13.2 Å². The van der Waals surface area contributed by atoms with Crippen molar-refractivity contribution in [2.75, 3.05) is 58.9 Å². The number of carbonyl (C=O) groups excluding carboxylic acids is 1. The van der Waals surface area contributed by atoms with Gasteiger partial charge in [-0.2, -0.15) is 4.31 Å². The largest absolute Gasteiger partial charge is 0.340 e. The lowest BCUT2D eigenvalue weighted by Crippen LogP contribution is -2.48. The number of nitrogens with one attached hydrogen (secondary N) is 1. The van der Waals surface area contributed by atoms with Crippen LogP contribution in [0.3, 0.4) is 0 Å². The van der Waals surface area contributed by atoms with E-state index in [1.807, 2.05) is 24.0 Å². The summed E-state index contributed by atoms with van der Waals surface area (Å²) < 4.78 is 28.3. The molecule has 31 heavy (non-hydrogen) atoms. The molecule has 2 heterocycles. The van der Waals surface area contributed by atoms with Gasteiger partial charge in [-0.25, -0.2) is 8.42 Å². The number of piperazine rings is 1. The maximum Gasteiger partial charge on any atom is 0.243 e. The van der Waals surface area contributed by atoms with Gasteiger partial charge in [0.2, 0.25) is 15.9 Å². The molecule has 7 nitrogen and oxygen atoms in total. The van der Waals surface area contributed by atoms with Crippen LogP contribution >= 0.6 is 0 Å². The second-order valence-electron chi connectivity index (χ2n) is 9.30. The van der Waals surface area contributed by atoms with E-state index in [1.165, 1.54) is 10.7 Å². The van der Waals surface area contributed by atoms with E-state index in [0.717, 1.165) is 31.7 Å². The normalized spacial score (nSPS) is 23.3. The Morgan fingerprint density at radius 3 is 2.29 bits per heavy atom. The van der Waals surface area contributed by atoms with Crippen LogP contribution in [0.4, 0.5) is 0 Å². The standard InChI is InChI=1S/C23H38N4O3S/c1-19-4-6-22(7-5-19)31(29,30)27(11-8-23(28)26-12-9-24-10-13-26)15-14-25-17-20(2)16-21(3)18-25/h4-7,20-21,24H,8-18H2,1-3H3/t20-,21+. The molecule has 2 saturated heterocycles. The fraction of sp³-hybridized carbons (Fsp3) is 0.696. The van der Waals surface area contributed by atoms with Gasteiger partial charge in [0, 0.05) is 65.3 Å². The SMILES string of the molecule is Cc1ccc(S(=O)(=O)N(CCC(=O)N2CCNCC2)CCN2C[C@H](C)C[C@H](C)C2)cc1. The predicted molar refractivity (Wildman–Crippen MR) is 123 cm³/mol. The molecule has 0 spiro atoms. The first kappa shape index (κ1) is 24.2. The Morgan fingerprint density at radius 2 is 1.68 bits per heavy atom. The zero-order valence-electron chi connectivity index (χ0n) is 19.2. The van der Waals surface area contributed by atoms with Crippen LogP contribution in [0.25, 0.3) is 0 Å². The van der Waals surface area contributed by atoms with Crippen molar-refractivity contribution in [1.29, 1.82) is 0 Å². The molecule has 3 rings (SSSR count). The average Bonchev–Trinajstić information content (AvgIpc) is 2.73. The van der Waals surface area contributed by atoms with Crippen LogP contribution in [0.15, 0.2) is 29.2 Å². The highest BCUT2D eigenvalue weighted by Crippen LogP contribution is 2.22. The number of piperidine rings is 1. The highest BCUT2D eigenvalue weighted by Gasteiger charge is 2.28. The predicted octanol–water partition coefficient (Wildman–Crippen LogP) is 1.79. The number of amides is 1. The van der Waals surface area contributed by atoms with E-state index in [-0.39, 0.29) is 18.9 Å². The van der Waals surface area contributed by atoms with Crippen LogP contribution in [0.5, 0.6) is 0 Å². The Kier molecular flexibility index (Phi) is 8.50. The van der Waals surface area contributed by atoms with Crippen molar-refractivity contribution in [2.24, 2.45) is 11.8 Å². The van der Waals surface area contributed by atoms with Gasteiger partial charge >= 0.3 is 0 Å². The molecule has 0 unspecified atom stereocenters. The van der Waals surface area contributed by atoms with Crippen LogP contribution in [0.2, 0.25) is 0 Å². The third-order valence-corrected chi connectivity index (χ3v) is 8.23. The molecule has 0 radical (unpaired) electrons. The minimum absolute atomic E-state index is 0.0332. The quantitative estimate of drug-likeness (QED) is 0.654. The highest BCUT2D eigenvalue weighted by molar-refractivity contribution is 7.89. The van der Waals surface area contributed by atoms with Gasteiger partial charge in [0.05, 0.1) is 4.90 Å². The lowest BCUT2D eigenvalue weighted by Gasteiger charge is -2.36. The van der Waals surface area contributed by atoms with E-state index in [0.29, 0.717) is 42.9 Å². The second-order valence-corrected chi connectivity index (χ2v) is 11.2. The topological polar surface area (TPSA) is 73.0 Å². The number of nitrogens with zero attached hydrogens (tertiary/aromatic N) is 3. The molecule has 1 N–H and O–H groups in total. The lowest BCUT2D eigenvalue weighted by atomic mass is 9.92. The smallest absolute Gasteiger partial charge is 0.243 e. The Morgan fingerprint density at radius 1 is 1.06 bits per heavy atom. The van der Waals surface area contributed by atoms with Crippen LogP contribution in [0, 0.1) is 18.8 Å². The third-order valence-electron chi connectivity index (χ3n) is 6.31. The summed E-state index contributed by atoms with van der Waals surface area (Å²) in [5.74, 6) is 1.28. The van der Waals surface area contributed by atoms with Crippen LogP contribution in [-0.2, 0) is 14.8 Å². The van der Waals surface area contributed by atoms with Gasteiger partial charge in [0.25, 0.3) is 0 Å². The fourth-order valence-corrected chi connectivity index (χ4v) is 6.16. The van der Waals surface area contributed by atoms with E-state index < -0.39 is 10.0 Å². The summed E-state index contributed by atoms with van der Waals surface area (Å²) in [6.45, 7) is 12.8. The van der Waals surface area contributed by atoms with E-state index in [2.05, 4.69) is 24.1 Å². The van der Waals surface area contributed by atoms with E-state index in [4.69, 9.17) is 0 Å². The number of hydrogen-bond acceptors (Lipinski definition) is 5. The number of rotatable bonds is 8. The molecular formula is C23H38N4O3S. The van der Waals surface area contributed by atoms with Crippen molar-refractivity contribution in [3.8, 4) is 0 Å². The number of sulfonamides is 1. The summed E-state index contributed by atoms with van der Waals surface area (Å²) >= 11 is 0. The molecule has 0 aromatic heterocycles. The number of hydrogen-bond donors (Lipinski definition) is 1. The molecule has 1 aromatic rings. The molecule has 0 saturated carbocycles. The molecule has 2 fully saturated rings. The van der Waals surface area contributed by atoms with Crippen LogP contribution < -0.4 is 5.32 Å². The monoisotopic (exact) mass is 450 g/mol. The summed E-state index contributed by atoms with van der Waals surface area (Å²) in [5, 5.41) is 3.24. The van der Waals surface area contributed by atoms with Gasteiger partial charge < -0.3 is 15.1 Å². The summed E-state index contributed by atoms with van der Waals surface area (Å²) in [6.07, 6.45) is 1.44. The average molecular weight is 451 g/mol. The molecule has 0 bridgehead atoms. The Balaban J connectivity index is 1.69. The molecule has 0 aliphatic carbocycles. The van der Waals surface area contributed by atoms with Crippen LogP contribution in [-0.4, -0.2) is 87.3 Å². The first-order valence-electron chi connectivity index (χ1n) is 11.5. The van der Waals surface area contributed by atoms with E-state index >= 15 is 0 Å². The molecule has 8 heteroatoms. The van der Waals surface area contributed by atoms with Crippen molar-refractivity contribution < 1.29 is 13.2 Å². The van der Waals surface area contributed by atoms with Crippen LogP contribution in [0.1, 0.15) is 32.3 Å². The number of likely N-dealkylation sites (tertiary alicyclic amines) is 1. The number of carbonyl (C=O) groups is 1. The maximum absolute atomic E-state index is 13.4. The highest BCUT2D eigenvalue weighted by atomic mass is 32.2. The molecule has 1 amide bonds. The summed E-state index contributed by atoms with van der Waals surface area (Å²) in [4.78, 5) is 17.2. The third kappa shape index (κ3) is 6.75. The van der Waals surface area contributed by atoms with Gasteiger partial charge in [0.15, 0.2) is 0 Å². The fourth-order valence-electron chi connectivity index (χ4n) is 4.73. The molecule has 174 valence electrons. The van der Waals surface area contributed by atoms with Crippen molar-refractivity contribution >= 4 is 15.9 Å². The van der Waals surface area contributed by atoms with Crippen molar-refractivity contribution in [2.45, 2.75) is 38.5 Å². The number of aryl methyl sites for hydroxylation is 1. The van der Waals surface area contributed by atoms with Gasteiger partial charge in [0.1, 0.15) is 0 Å². The van der Waals surface area contributed by atoms with E-state index in [1.54, 1.807) is 12.1 Å². The Bertz CT molecular complexity index is 812. The van der Waals surface area contributed by atoms with Crippen molar-refractivity contribution in [3.05, 3.63) is 29.8 Å². The first-order chi connectivity index (χ1) is 14.8. The maximum atomic E-state index is 13.4. The van der Waals surface area contributed by atoms with Gasteiger partial charge in [-0.1, -0.05) is 31.5 Å². The summed E-state index contributed by atoms with van der Waals surface area (Å²) in [7, 11) is -3.65. The zero-order valence-corrected chi connectivity index (χ0v) is 20.0. The van der Waals surface area contributed by atoms with Crippen molar-refractivity contribution in [1.82, 2.24) is 19.4 Å². The van der Waals surface area contributed by atoms with Crippen molar-refractivity contribution in [3.63, 3.8) is 0 Å². The minimum atomic E-state index is -3.65. The minimum Gasteiger partial charge on any atom is -0.340 e. The molecule has 2 aliphatic rings. The molecular weight excluding hydrogens is 412 g/mol. The first-order valence-corrected chi connectivity index (χ1v) is 13.0. The molecule has 2 atom stereocenters. The zero-order chi connectivity index (χ0) is 22.4. The Hall–Kier alpha value is -1.48. The lowest BCUT2D eigenvalue weighted by molar-refractivity contribution is -0.131.